The molecule has 47 heavy (non-hydrogen) atoms. The number of carboxylic acids is 1. The van der Waals surface area contributed by atoms with Crippen molar-refractivity contribution in [2.75, 3.05) is 0 Å². The molecule has 0 amide bonds. The molecular formula is C38H44O9. The maximum Gasteiger partial charge on any atom is 0.330 e. The summed E-state index contributed by atoms with van der Waals surface area (Å²) < 4.78 is 26.7. The molecule has 2 N–H and O–H groups in total. The van der Waals surface area contributed by atoms with E-state index in [1.54, 1.807) is 6.08 Å². The normalized spacial score (nSPS) is 34.9. The van der Waals surface area contributed by atoms with Gasteiger partial charge in [-0.25, -0.2) is 4.79 Å². The number of allylic oxidation sites excluding steroid dienone is 3. The van der Waals surface area contributed by atoms with E-state index in [4.69, 9.17) is 18.9 Å². The Hall–Kier alpha value is -3.69. The van der Waals surface area contributed by atoms with E-state index in [1.165, 1.54) is 18.6 Å². The number of phenols is 1. The number of carboxylic acid groups (broad SMARTS) is 1. The lowest BCUT2D eigenvalue weighted by Gasteiger charge is -2.56. The molecule has 4 heterocycles. The highest BCUT2D eigenvalue weighted by Gasteiger charge is 2.81. The lowest BCUT2D eigenvalue weighted by molar-refractivity contribution is -0.171. The summed E-state index contributed by atoms with van der Waals surface area (Å²) in [7, 11) is 0. The lowest BCUT2D eigenvalue weighted by Crippen LogP contribution is -2.72. The Morgan fingerprint density at radius 3 is 2.36 bits per heavy atom. The van der Waals surface area contributed by atoms with E-state index in [1.807, 2.05) is 46.8 Å². The summed E-state index contributed by atoms with van der Waals surface area (Å²) in [4.78, 5) is 41.0. The molecule has 0 aromatic heterocycles. The smallest absolute Gasteiger partial charge is 0.330 e. The summed E-state index contributed by atoms with van der Waals surface area (Å²) in [6.45, 7) is 15.4. The molecule has 3 fully saturated rings. The largest absolute Gasteiger partial charge is 0.506 e. The Morgan fingerprint density at radius 2 is 1.72 bits per heavy atom. The second kappa shape index (κ2) is 9.92. The molecule has 2 saturated heterocycles. The van der Waals surface area contributed by atoms with Crippen LogP contribution in [-0.2, 0) is 25.5 Å². The van der Waals surface area contributed by atoms with Gasteiger partial charge in [0.05, 0.1) is 22.9 Å². The minimum atomic E-state index is -1.64. The van der Waals surface area contributed by atoms with Gasteiger partial charge in [0.2, 0.25) is 0 Å². The maximum absolute atomic E-state index is 14.8. The minimum absolute atomic E-state index is 0.0417. The first kappa shape index (κ1) is 31.9. The Balaban J connectivity index is 1.44. The summed E-state index contributed by atoms with van der Waals surface area (Å²) in [5.41, 5.74) is -2.53. The van der Waals surface area contributed by atoms with E-state index in [2.05, 4.69) is 19.9 Å². The molecule has 9 heteroatoms. The molecule has 4 bridgehead atoms. The van der Waals surface area contributed by atoms with Gasteiger partial charge in [0.15, 0.2) is 22.8 Å². The molecule has 1 aromatic rings. The summed E-state index contributed by atoms with van der Waals surface area (Å²) in [5.74, 6) is -2.36. The van der Waals surface area contributed by atoms with Crippen molar-refractivity contribution < 1.29 is 43.5 Å². The number of hydrogen-bond acceptors (Lipinski definition) is 8. The Kier molecular flexibility index (Phi) is 6.73. The summed E-state index contributed by atoms with van der Waals surface area (Å²) in [6, 6.07) is 0. The number of aromatic hydroxyl groups is 1. The second-order valence-corrected chi connectivity index (χ2v) is 15.7. The van der Waals surface area contributed by atoms with Gasteiger partial charge in [-0.2, -0.15) is 0 Å². The number of ketones is 2. The van der Waals surface area contributed by atoms with E-state index in [0.29, 0.717) is 36.1 Å². The van der Waals surface area contributed by atoms with Gasteiger partial charge in [-0.3, -0.25) is 9.59 Å². The molecular weight excluding hydrogens is 600 g/mol. The van der Waals surface area contributed by atoms with Gasteiger partial charge in [-0.1, -0.05) is 23.8 Å². The molecule has 9 nitrogen and oxygen atoms in total. The molecule has 1 unspecified atom stereocenters. The van der Waals surface area contributed by atoms with E-state index in [-0.39, 0.29) is 46.5 Å². The summed E-state index contributed by atoms with van der Waals surface area (Å²) in [6.07, 6.45) is 11.1. The number of phenolic OH excluding ortho intramolecular Hbond substituents is 1. The van der Waals surface area contributed by atoms with Crippen LogP contribution in [0.5, 0.6) is 17.2 Å². The number of carbonyl (C=O) groups is 3. The van der Waals surface area contributed by atoms with Gasteiger partial charge in [-0.15, -0.1) is 0 Å². The second-order valence-electron chi connectivity index (χ2n) is 15.7. The van der Waals surface area contributed by atoms with Crippen LogP contribution in [0.4, 0.5) is 0 Å². The zero-order chi connectivity index (χ0) is 34.1. The molecule has 1 aromatic carbocycles. The number of epoxide rings is 1. The monoisotopic (exact) mass is 644 g/mol. The van der Waals surface area contributed by atoms with Crippen LogP contribution in [0.2, 0.25) is 0 Å². The van der Waals surface area contributed by atoms with Crippen molar-refractivity contribution in [3.8, 4) is 17.2 Å². The Bertz CT molecular complexity index is 1770. The number of fused-ring (bicyclic) bond motifs is 2. The van der Waals surface area contributed by atoms with Crippen molar-refractivity contribution in [2.45, 2.75) is 122 Å². The quantitative estimate of drug-likeness (QED) is 0.186. The highest BCUT2D eigenvalue weighted by Crippen LogP contribution is 2.69. The number of carbonyl (C=O) groups excluding carboxylic acids is 2. The fraction of sp³-hybridized carbons (Fsp3) is 0.553. The molecule has 0 radical (unpaired) electrons. The lowest BCUT2D eigenvalue weighted by atomic mass is 9.51. The van der Waals surface area contributed by atoms with Gasteiger partial charge in [-0.05, 0) is 86.8 Å². The molecule has 6 atom stereocenters. The number of benzene rings is 1. The fourth-order valence-corrected chi connectivity index (χ4v) is 8.67. The third kappa shape index (κ3) is 4.38. The first-order valence-electron chi connectivity index (χ1n) is 16.6. The number of hydrogen-bond donors (Lipinski definition) is 2. The Morgan fingerprint density at radius 1 is 1.02 bits per heavy atom. The van der Waals surface area contributed by atoms with E-state index < -0.39 is 51.6 Å². The Labute approximate surface area is 275 Å². The number of Topliss-reactive ketones (excluding diaryl/α,β-unsaturated/α-hetero) is 2. The average molecular weight is 645 g/mol. The molecule has 4 aliphatic heterocycles. The predicted octanol–water partition coefficient (Wildman–Crippen LogP) is 6.45. The van der Waals surface area contributed by atoms with Crippen molar-refractivity contribution in [1.82, 2.24) is 0 Å². The number of aliphatic carboxylic acids is 1. The van der Waals surface area contributed by atoms with Crippen molar-refractivity contribution in [2.24, 2.45) is 11.8 Å². The SMILES string of the molecule is CC(C)=CCC[C@]1(C)C=Cc2c(O)c3c(c(CC4OC4(C)C)c2O1)O[C@]12C(=C[C@@H]4C[C@H]1C(C)(C)O[C@@]2(C/C=C(/C)C(=O)O)C4=O)C3=O. The first-order valence-corrected chi connectivity index (χ1v) is 16.6. The van der Waals surface area contributed by atoms with Crippen LogP contribution in [0.15, 0.2) is 41.0 Å². The highest BCUT2D eigenvalue weighted by molar-refractivity contribution is 6.19. The molecule has 3 aliphatic carbocycles. The van der Waals surface area contributed by atoms with Crippen LogP contribution in [-0.4, -0.2) is 61.9 Å². The van der Waals surface area contributed by atoms with Crippen molar-refractivity contribution in [3.63, 3.8) is 0 Å². The predicted molar refractivity (Wildman–Crippen MR) is 174 cm³/mol. The summed E-state index contributed by atoms with van der Waals surface area (Å²) in [5, 5.41) is 21.5. The number of ether oxygens (including phenoxy) is 4. The molecule has 250 valence electrons. The van der Waals surface area contributed by atoms with E-state index in [0.717, 1.165) is 6.42 Å². The van der Waals surface area contributed by atoms with Crippen LogP contribution in [0.3, 0.4) is 0 Å². The maximum atomic E-state index is 14.8. The van der Waals surface area contributed by atoms with Gasteiger partial charge < -0.3 is 29.2 Å². The molecule has 7 aliphatic rings. The molecule has 1 saturated carbocycles. The standard InChI is InChI=1S/C38H44O9/c1-19(2)10-9-13-36(8)14-12-22-28(39)27-29(40)24-16-21-17-25-34(4,5)47-37(32(21)41,15-11-20(3)33(42)43)38(24,25)46-31(27)23(30(22)45-36)18-26-35(6,7)44-26/h10-12,14,16,21,25-26,39H,9,13,15,17-18H2,1-8H3,(H,42,43)/b20-11-/t21-,25+,26?,36-,37+,38-/m1/s1. The summed E-state index contributed by atoms with van der Waals surface area (Å²) >= 11 is 0. The third-order valence-corrected chi connectivity index (χ3v) is 11.3. The van der Waals surface area contributed by atoms with E-state index in [9.17, 15) is 24.6 Å². The van der Waals surface area contributed by atoms with Crippen LogP contribution >= 0.6 is 0 Å². The van der Waals surface area contributed by atoms with Gasteiger partial charge >= 0.3 is 5.97 Å². The number of rotatable bonds is 8. The zero-order valence-electron chi connectivity index (χ0n) is 28.4. The van der Waals surface area contributed by atoms with Gasteiger partial charge in [0.25, 0.3) is 0 Å². The van der Waals surface area contributed by atoms with Crippen LogP contribution in [0.1, 0.15) is 103 Å². The van der Waals surface area contributed by atoms with Crippen LogP contribution < -0.4 is 9.47 Å². The van der Waals surface area contributed by atoms with E-state index >= 15 is 0 Å². The van der Waals surface area contributed by atoms with Crippen molar-refractivity contribution in [3.05, 3.63) is 57.7 Å². The van der Waals surface area contributed by atoms with Crippen molar-refractivity contribution in [1.29, 1.82) is 0 Å². The first-order chi connectivity index (χ1) is 21.9. The fourth-order valence-electron chi connectivity index (χ4n) is 8.67. The third-order valence-electron chi connectivity index (χ3n) is 11.3. The highest BCUT2D eigenvalue weighted by atomic mass is 16.6. The average Bonchev–Trinajstić information content (AvgIpc) is 3.55. The van der Waals surface area contributed by atoms with Gasteiger partial charge in [0.1, 0.15) is 28.4 Å². The minimum Gasteiger partial charge on any atom is -0.506 e. The molecule has 1 spiro atoms. The van der Waals surface area contributed by atoms with Crippen molar-refractivity contribution >= 4 is 23.6 Å². The topological polar surface area (TPSA) is 132 Å². The van der Waals surface area contributed by atoms with Crippen LogP contribution in [0, 0.1) is 11.8 Å². The zero-order valence-corrected chi connectivity index (χ0v) is 28.4. The van der Waals surface area contributed by atoms with Gasteiger partial charge in [0, 0.05) is 41.4 Å². The molecule has 8 rings (SSSR count). The van der Waals surface area contributed by atoms with Crippen LogP contribution in [0.25, 0.3) is 6.08 Å².